The van der Waals surface area contributed by atoms with Gasteiger partial charge in [0.05, 0.1) is 31.0 Å². The lowest BCUT2D eigenvalue weighted by Gasteiger charge is -2.20. The van der Waals surface area contributed by atoms with Gasteiger partial charge < -0.3 is 19.5 Å². The van der Waals surface area contributed by atoms with E-state index in [0.717, 1.165) is 0 Å². The van der Waals surface area contributed by atoms with E-state index in [2.05, 4.69) is 20.6 Å². The van der Waals surface area contributed by atoms with Crippen LogP contribution in [0.15, 0.2) is 41.5 Å². The molecule has 2 amide bonds. The molecule has 0 heterocycles. The van der Waals surface area contributed by atoms with Crippen LogP contribution in [-0.4, -0.2) is 50.9 Å². The van der Waals surface area contributed by atoms with Gasteiger partial charge in [-0.15, -0.1) is 0 Å². The molecule has 2 aromatic carbocycles. The van der Waals surface area contributed by atoms with Gasteiger partial charge in [0, 0.05) is 5.02 Å². The van der Waals surface area contributed by atoms with Crippen molar-refractivity contribution in [1.82, 2.24) is 10.7 Å². The molecule has 34 heavy (non-hydrogen) atoms. The van der Waals surface area contributed by atoms with Gasteiger partial charge in [-0.2, -0.15) is 5.10 Å². The van der Waals surface area contributed by atoms with E-state index in [-0.39, 0.29) is 23.1 Å². The average Bonchev–Trinajstić information content (AvgIpc) is 2.80. The Balaban J connectivity index is 2.04. The van der Waals surface area contributed by atoms with E-state index in [1.807, 2.05) is 0 Å². The smallest absolute Gasteiger partial charge is 0.343 e. The highest BCUT2D eigenvalue weighted by Crippen LogP contribution is 2.27. The highest BCUT2D eigenvalue weighted by molar-refractivity contribution is 6.36. The molecule has 1 atom stereocenters. The van der Waals surface area contributed by atoms with Crippen LogP contribution < -0.4 is 20.2 Å². The summed E-state index contributed by atoms with van der Waals surface area (Å²) in [5, 5.41) is 7.20. The van der Waals surface area contributed by atoms with Gasteiger partial charge >= 0.3 is 5.97 Å². The lowest BCUT2D eigenvalue weighted by atomic mass is 10.0. The highest BCUT2D eigenvalue weighted by atomic mass is 35.5. The Bertz CT molecular complexity index is 1070. The van der Waals surface area contributed by atoms with Crippen molar-refractivity contribution in [2.75, 3.05) is 20.8 Å². The highest BCUT2D eigenvalue weighted by Gasteiger charge is 2.25. The number of hydrogen-bond donors (Lipinski definition) is 2. The summed E-state index contributed by atoms with van der Waals surface area (Å²) >= 11 is 12.0. The molecule has 2 aromatic rings. The number of nitrogens with one attached hydrogen (secondary N) is 2. The lowest BCUT2D eigenvalue weighted by molar-refractivity contribution is -0.142. The SMILES string of the molecule is COC(=O)COc1ccc(/C=N\NC(=O)C(NC(=O)c2ccc(Cl)cc2Cl)C(C)C)cc1OC. The van der Waals surface area contributed by atoms with Crippen molar-refractivity contribution in [2.24, 2.45) is 11.0 Å². The summed E-state index contributed by atoms with van der Waals surface area (Å²) < 4.78 is 15.1. The van der Waals surface area contributed by atoms with Crippen molar-refractivity contribution in [3.8, 4) is 11.5 Å². The van der Waals surface area contributed by atoms with Crippen molar-refractivity contribution >= 4 is 47.2 Å². The quantitative estimate of drug-likeness (QED) is 0.288. The number of methoxy groups -OCH3 is 2. The molecule has 2 N–H and O–H groups in total. The number of rotatable bonds is 10. The number of nitrogens with zero attached hydrogens (tertiary/aromatic N) is 1. The maximum atomic E-state index is 12.7. The second-order valence-corrected chi connectivity index (χ2v) is 8.17. The van der Waals surface area contributed by atoms with E-state index in [1.54, 1.807) is 32.0 Å². The molecule has 0 saturated carbocycles. The Morgan fingerprint density at radius 3 is 2.41 bits per heavy atom. The van der Waals surface area contributed by atoms with Crippen molar-refractivity contribution in [2.45, 2.75) is 19.9 Å². The Kier molecular flexibility index (Phi) is 10.2. The molecule has 0 aromatic heterocycles. The number of benzene rings is 2. The molecule has 0 spiro atoms. The van der Waals surface area contributed by atoms with E-state index in [4.69, 9.17) is 32.7 Å². The second-order valence-electron chi connectivity index (χ2n) is 7.33. The lowest BCUT2D eigenvalue weighted by Crippen LogP contribution is -2.48. The Labute approximate surface area is 207 Å². The zero-order valence-corrected chi connectivity index (χ0v) is 20.6. The predicted octanol–water partition coefficient (Wildman–Crippen LogP) is 3.46. The van der Waals surface area contributed by atoms with Gasteiger partial charge in [-0.1, -0.05) is 37.0 Å². The monoisotopic (exact) mass is 509 g/mol. The molecule has 182 valence electrons. The zero-order chi connectivity index (χ0) is 25.3. The van der Waals surface area contributed by atoms with Gasteiger partial charge in [0.2, 0.25) is 0 Å². The van der Waals surface area contributed by atoms with E-state index >= 15 is 0 Å². The van der Waals surface area contributed by atoms with Crippen molar-refractivity contribution < 1.29 is 28.6 Å². The van der Waals surface area contributed by atoms with Gasteiger partial charge in [0.25, 0.3) is 11.8 Å². The Morgan fingerprint density at radius 2 is 1.79 bits per heavy atom. The fraction of sp³-hybridized carbons (Fsp3) is 0.304. The summed E-state index contributed by atoms with van der Waals surface area (Å²) in [6.07, 6.45) is 1.40. The molecule has 0 aliphatic heterocycles. The van der Waals surface area contributed by atoms with Crippen LogP contribution in [0.5, 0.6) is 11.5 Å². The summed E-state index contributed by atoms with van der Waals surface area (Å²) in [6.45, 7) is 3.31. The normalized spacial score (nSPS) is 11.7. The summed E-state index contributed by atoms with van der Waals surface area (Å²) in [5.74, 6) is -1.05. The minimum Gasteiger partial charge on any atom is -0.493 e. The molecule has 11 heteroatoms. The topological polar surface area (TPSA) is 115 Å². The van der Waals surface area contributed by atoms with Crippen LogP contribution in [0.2, 0.25) is 10.0 Å². The number of hydrazone groups is 1. The minimum atomic E-state index is -0.861. The first kappa shape index (κ1) is 26.9. The molecule has 2 rings (SSSR count). The van der Waals surface area contributed by atoms with Crippen LogP contribution in [0.3, 0.4) is 0 Å². The number of amides is 2. The third-order valence-corrected chi connectivity index (χ3v) is 5.11. The number of halogens is 2. The average molecular weight is 510 g/mol. The van der Waals surface area contributed by atoms with Crippen LogP contribution in [0.4, 0.5) is 0 Å². The molecule has 0 saturated heterocycles. The molecular formula is C23H25Cl2N3O6. The fourth-order valence-corrected chi connectivity index (χ4v) is 3.24. The largest absolute Gasteiger partial charge is 0.493 e. The van der Waals surface area contributed by atoms with E-state index in [1.165, 1.54) is 38.6 Å². The van der Waals surface area contributed by atoms with Crippen LogP contribution in [0, 0.1) is 5.92 Å². The fourth-order valence-electron chi connectivity index (χ4n) is 2.75. The first-order valence-electron chi connectivity index (χ1n) is 10.1. The number of ether oxygens (including phenoxy) is 3. The molecule has 9 nitrogen and oxygen atoms in total. The molecule has 0 fully saturated rings. The first-order valence-corrected chi connectivity index (χ1v) is 10.9. The summed E-state index contributed by atoms with van der Waals surface area (Å²) in [7, 11) is 2.71. The molecule has 0 bridgehead atoms. The second kappa shape index (κ2) is 12.8. The molecular weight excluding hydrogens is 485 g/mol. The van der Waals surface area contributed by atoms with Crippen LogP contribution >= 0.6 is 23.2 Å². The maximum Gasteiger partial charge on any atom is 0.343 e. The van der Waals surface area contributed by atoms with Crippen molar-refractivity contribution in [3.05, 3.63) is 57.6 Å². The number of hydrogen-bond acceptors (Lipinski definition) is 7. The van der Waals surface area contributed by atoms with Crippen LogP contribution in [-0.2, 0) is 14.3 Å². The molecule has 0 aliphatic rings. The maximum absolute atomic E-state index is 12.7. The third kappa shape index (κ3) is 7.64. The standard InChI is InChI=1S/C23H25Cl2N3O6/c1-13(2)21(27-22(30)16-7-6-15(24)10-17(16)25)23(31)28-26-11-14-5-8-18(19(9-14)32-3)34-12-20(29)33-4/h5-11,13,21H,12H2,1-4H3,(H,27,30)(H,28,31)/b26-11-. The molecule has 1 unspecified atom stereocenters. The van der Waals surface area contributed by atoms with Crippen molar-refractivity contribution in [3.63, 3.8) is 0 Å². The number of esters is 1. The number of carbonyl (C=O) groups excluding carboxylic acids is 3. The van der Waals surface area contributed by atoms with Crippen molar-refractivity contribution in [1.29, 1.82) is 0 Å². The summed E-state index contributed by atoms with van der Waals surface area (Å²) in [4.78, 5) is 36.5. The van der Waals surface area contributed by atoms with Gasteiger partial charge in [-0.3, -0.25) is 9.59 Å². The first-order chi connectivity index (χ1) is 16.2. The van der Waals surface area contributed by atoms with Gasteiger partial charge in [0.15, 0.2) is 18.1 Å². The predicted molar refractivity (Wildman–Crippen MR) is 129 cm³/mol. The summed E-state index contributed by atoms with van der Waals surface area (Å²) in [6, 6.07) is 8.49. The van der Waals surface area contributed by atoms with Gasteiger partial charge in [-0.05, 0) is 47.9 Å². The Morgan fingerprint density at radius 1 is 1.06 bits per heavy atom. The zero-order valence-electron chi connectivity index (χ0n) is 19.1. The van der Waals surface area contributed by atoms with Gasteiger partial charge in [-0.25, -0.2) is 10.2 Å². The van der Waals surface area contributed by atoms with Crippen LogP contribution in [0.25, 0.3) is 0 Å². The summed E-state index contributed by atoms with van der Waals surface area (Å²) in [5.41, 5.74) is 3.22. The molecule has 0 aliphatic carbocycles. The van der Waals surface area contributed by atoms with E-state index in [9.17, 15) is 14.4 Å². The number of carbonyl (C=O) groups is 3. The van der Waals surface area contributed by atoms with Gasteiger partial charge in [0.1, 0.15) is 6.04 Å². The van der Waals surface area contributed by atoms with E-state index < -0.39 is 23.8 Å². The van der Waals surface area contributed by atoms with Crippen LogP contribution in [0.1, 0.15) is 29.8 Å². The Hall–Kier alpha value is -3.30. The molecule has 0 radical (unpaired) electrons. The minimum absolute atomic E-state index is 0.180. The third-order valence-electron chi connectivity index (χ3n) is 4.56. The van der Waals surface area contributed by atoms with E-state index in [0.29, 0.717) is 22.1 Å².